The van der Waals surface area contributed by atoms with Crippen LogP contribution in [0.3, 0.4) is 0 Å². The molecule has 0 bridgehead atoms. The van der Waals surface area contributed by atoms with Gasteiger partial charge in [-0.15, -0.1) is 0 Å². The van der Waals surface area contributed by atoms with E-state index < -0.39 is 23.8 Å². The van der Waals surface area contributed by atoms with Crippen LogP contribution in [0.15, 0.2) is 23.8 Å². The second kappa shape index (κ2) is 9.57. The van der Waals surface area contributed by atoms with Crippen molar-refractivity contribution in [1.29, 1.82) is 0 Å². The average molecular weight is 235 g/mol. The summed E-state index contributed by atoms with van der Waals surface area (Å²) in [5.41, 5.74) is 4.76. The molecule has 0 aliphatic carbocycles. The van der Waals surface area contributed by atoms with Crippen LogP contribution >= 0.6 is 0 Å². The van der Waals surface area contributed by atoms with Crippen molar-refractivity contribution in [3.05, 3.63) is 23.8 Å². The van der Waals surface area contributed by atoms with Crippen molar-refractivity contribution >= 4 is 0 Å². The Hall–Kier alpha value is -0.980. The minimum Gasteiger partial charge on any atom is -0.330 e. The first-order valence-electron chi connectivity index (χ1n) is 3.96. The summed E-state index contributed by atoms with van der Waals surface area (Å²) in [6.07, 6.45) is -5.07. The fraction of sp³-hybridized carbons (Fsp3) is 0.500. The van der Waals surface area contributed by atoms with Gasteiger partial charge in [-0.1, -0.05) is 6.92 Å². The van der Waals surface area contributed by atoms with Crippen molar-refractivity contribution in [2.75, 3.05) is 6.54 Å². The Morgan fingerprint density at radius 3 is 1.33 bits per heavy atom. The molecule has 0 aromatic heterocycles. The van der Waals surface area contributed by atoms with Gasteiger partial charge in [-0.2, -0.15) is 17.6 Å². The van der Waals surface area contributed by atoms with E-state index in [-0.39, 0.29) is 19.4 Å². The molecule has 90 valence electrons. The van der Waals surface area contributed by atoms with Crippen LogP contribution < -0.4 is 5.73 Å². The first-order chi connectivity index (χ1) is 6.86. The Morgan fingerprint density at radius 2 is 1.27 bits per heavy atom. The lowest BCUT2D eigenvalue weighted by atomic mass is 10.4. The number of nitrogens with two attached hydrogens (primary N) is 1. The topological polar surface area (TPSA) is 26.0 Å². The highest BCUT2D eigenvalue weighted by molar-refractivity contribution is 4.91. The van der Waals surface area contributed by atoms with Gasteiger partial charge < -0.3 is 5.73 Å². The predicted octanol–water partition coefficient (Wildman–Crippen LogP) is 3.89. The van der Waals surface area contributed by atoms with Crippen molar-refractivity contribution in [2.24, 2.45) is 5.73 Å². The minimum absolute atomic E-state index is 0.0802. The van der Waals surface area contributed by atoms with Gasteiger partial charge in [0.2, 0.25) is 0 Å². The van der Waals surface area contributed by atoms with Gasteiger partial charge in [-0.05, 0) is 6.54 Å². The molecule has 0 rings (SSSR count). The highest BCUT2D eigenvalue weighted by Gasteiger charge is 2.01. The first-order valence-corrected chi connectivity index (χ1v) is 3.96. The molecule has 0 atom stereocenters. The predicted molar refractivity (Wildman–Crippen MR) is 44.7 cm³/mol. The van der Waals surface area contributed by atoms with Crippen LogP contribution in [0.5, 0.6) is 0 Å². The second-order valence-corrected chi connectivity index (χ2v) is 2.22. The summed E-state index contributed by atoms with van der Waals surface area (Å²) in [6, 6.07) is 0. The maximum Gasteiger partial charge on any atom is 0.301 e. The molecule has 0 spiro atoms. The van der Waals surface area contributed by atoms with Crippen LogP contribution in [-0.2, 0) is 0 Å². The molecule has 0 aromatic rings. The van der Waals surface area contributed by atoms with E-state index in [0.29, 0.717) is 0 Å². The molecule has 15 heavy (non-hydrogen) atoms. The van der Waals surface area contributed by atoms with E-state index in [0.717, 1.165) is 0 Å². The number of halogens is 6. The SMILES string of the molecule is CCC(F)=C(F)F.NCCC(F)=C(F)F. The van der Waals surface area contributed by atoms with Crippen LogP contribution in [-0.4, -0.2) is 6.54 Å². The molecular weight excluding hydrogens is 224 g/mol. The highest BCUT2D eigenvalue weighted by atomic mass is 19.3. The third-order valence-electron chi connectivity index (χ3n) is 1.08. The van der Waals surface area contributed by atoms with Gasteiger partial charge >= 0.3 is 12.2 Å². The van der Waals surface area contributed by atoms with Crippen LogP contribution in [0.25, 0.3) is 0 Å². The van der Waals surface area contributed by atoms with Crippen LogP contribution in [0.1, 0.15) is 19.8 Å². The Morgan fingerprint density at radius 1 is 0.867 bits per heavy atom. The minimum atomic E-state index is -2.27. The monoisotopic (exact) mass is 235 g/mol. The van der Waals surface area contributed by atoms with E-state index in [1.54, 1.807) is 0 Å². The van der Waals surface area contributed by atoms with E-state index in [1.165, 1.54) is 6.92 Å². The molecule has 0 radical (unpaired) electrons. The highest BCUT2D eigenvalue weighted by Crippen LogP contribution is 2.11. The van der Waals surface area contributed by atoms with Crippen LogP contribution in [0.2, 0.25) is 0 Å². The smallest absolute Gasteiger partial charge is 0.301 e. The van der Waals surface area contributed by atoms with Crippen molar-refractivity contribution in [3.8, 4) is 0 Å². The van der Waals surface area contributed by atoms with Crippen LogP contribution in [0.4, 0.5) is 26.3 Å². The molecule has 0 saturated carbocycles. The fourth-order valence-electron chi connectivity index (χ4n) is 0.355. The number of allylic oxidation sites excluding steroid dienone is 1. The molecule has 1 nitrogen and oxygen atoms in total. The van der Waals surface area contributed by atoms with E-state index >= 15 is 0 Å². The summed E-state index contributed by atoms with van der Waals surface area (Å²) in [5, 5.41) is 0. The van der Waals surface area contributed by atoms with E-state index in [1.807, 2.05) is 0 Å². The molecule has 0 aliphatic heterocycles. The van der Waals surface area contributed by atoms with Gasteiger partial charge in [0.1, 0.15) is 0 Å². The lowest BCUT2D eigenvalue weighted by molar-refractivity contribution is 0.371. The normalized spacial score (nSPS) is 8.80. The molecule has 0 aliphatic rings. The van der Waals surface area contributed by atoms with E-state index in [2.05, 4.69) is 0 Å². The fourth-order valence-corrected chi connectivity index (χ4v) is 0.355. The van der Waals surface area contributed by atoms with Gasteiger partial charge in [-0.3, -0.25) is 0 Å². The molecule has 7 heteroatoms. The van der Waals surface area contributed by atoms with Gasteiger partial charge in [0, 0.05) is 12.8 Å². The second-order valence-electron chi connectivity index (χ2n) is 2.22. The molecule has 0 saturated heterocycles. The lowest BCUT2D eigenvalue weighted by Gasteiger charge is -1.87. The molecule has 0 amide bonds. The summed E-state index contributed by atoms with van der Waals surface area (Å²) >= 11 is 0. The van der Waals surface area contributed by atoms with Crippen molar-refractivity contribution < 1.29 is 26.3 Å². The summed E-state index contributed by atoms with van der Waals surface area (Å²) in [7, 11) is 0. The van der Waals surface area contributed by atoms with Crippen molar-refractivity contribution in [3.63, 3.8) is 0 Å². The van der Waals surface area contributed by atoms with E-state index in [9.17, 15) is 26.3 Å². The Bertz CT molecular complexity index is 227. The van der Waals surface area contributed by atoms with Crippen molar-refractivity contribution in [2.45, 2.75) is 19.8 Å². The molecule has 0 fully saturated rings. The van der Waals surface area contributed by atoms with Crippen LogP contribution in [0, 0.1) is 0 Å². The molecule has 0 unspecified atom stereocenters. The maximum atomic E-state index is 11.6. The lowest BCUT2D eigenvalue weighted by Crippen LogP contribution is -1.98. The maximum absolute atomic E-state index is 11.6. The zero-order valence-electron chi connectivity index (χ0n) is 7.97. The molecule has 2 N–H and O–H groups in total. The molecule has 0 heterocycles. The van der Waals surface area contributed by atoms with Gasteiger partial charge in [-0.25, -0.2) is 8.78 Å². The van der Waals surface area contributed by atoms with Gasteiger partial charge in [0.25, 0.3) is 0 Å². The summed E-state index contributed by atoms with van der Waals surface area (Å²) in [5.74, 6) is -2.73. The largest absolute Gasteiger partial charge is 0.330 e. The third kappa shape index (κ3) is 10.9. The summed E-state index contributed by atoms with van der Waals surface area (Å²) in [4.78, 5) is 0. The number of hydrogen-bond acceptors (Lipinski definition) is 1. The van der Waals surface area contributed by atoms with Gasteiger partial charge in [0.05, 0.1) is 0 Å². The zero-order chi connectivity index (χ0) is 12.4. The first kappa shape index (κ1) is 16.4. The molecule has 0 aromatic carbocycles. The van der Waals surface area contributed by atoms with Crippen molar-refractivity contribution in [1.82, 2.24) is 0 Å². The van der Waals surface area contributed by atoms with E-state index in [4.69, 9.17) is 5.73 Å². The standard InChI is InChI=1S/C4H6F3N.C4H5F3/c5-3(1-2-8)4(6)7;1-2-3(5)4(6)7/h1-2,8H2;2H2,1H3. The third-order valence-corrected chi connectivity index (χ3v) is 1.08. The Kier molecular flexibility index (Phi) is 10.5. The quantitative estimate of drug-likeness (QED) is 0.738. The Labute approximate surface area is 83.3 Å². The number of rotatable bonds is 3. The Balaban J connectivity index is 0. The van der Waals surface area contributed by atoms with Gasteiger partial charge in [0.15, 0.2) is 11.7 Å². The summed E-state index contributed by atoms with van der Waals surface area (Å²) in [6.45, 7) is 1.25. The average Bonchev–Trinajstić information content (AvgIpc) is 2.17. The summed E-state index contributed by atoms with van der Waals surface area (Å²) < 4.78 is 67.0. The zero-order valence-corrected chi connectivity index (χ0v) is 7.97. The number of hydrogen-bond donors (Lipinski definition) is 1. The molecular formula is C8H11F6N.